The maximum absolute atomic E-state index is 12.7. The van der Waals surface area contributed by atoms with Crippen LogP contribution < -0.4 is 15.4 Å². The number of fused-ring (bicyclic) bond motifs is 1. The van der Waals surface area contributed by atoms with Crippen LogP contribution in [0.3, 0.4) is 0 Å². The molecule has 0 unspecified atom stereocenters. The molecule has 8 heteroatoms. The molecule has 1 aliphatic rings. The van der Waals surface area contributed by atoms with E-state index in [-0.39, 0.29) is 6.04 Å². The molecule has 0 bridgehead atoms. The van der Waals surface area contributed by atoms with E-state index in [1.807, 2.05) is 55.5 Å². The van der Waals surface area contributed by atoms with E-state index in [2.05, 4.69) is 20.5 Å². The number of rotatable bonds is 6. The van der Waals surface area contributed by atoms with Gasteiger partial charge in [-0.3, -0.25) is 19.5 Å². The molecule has 1 aliphatic heterocycles. The molecule has 0 spiro atoms. The standard InChI is InChI=1S/C25H28N4O4/c1-17-15-22(20-5-3-4-6-21(20)27-17)28-25(31)24(30)26-16-23(29-11-13-33-14-12-29)18-7-9-19(32-2)10-8-18/h3-10,15,23H,11-14,16H2,1-2H3,(H,26,30)(H,27,28,31)/t23-/m0/s1. The number of pyridine rings is 1. The van der Waals surface area contributed by atoms with Gasteiger partial charge in [-0.2, -0.15) is 0 Å². The first-order chi connectivity index (χ1) is 16.0. The Bertz CT molecular complexity index is 1130. The van der Waals surface area contributed by atoms with Crippen molar-refractivity contribution < 1.29 is 19.1 Å². The van der Waals surface area contributed by atoms with E-state index in [1.165, 1.54) is 0 Å². The fraction of sp³-hybridized carbons (Fsp3) is 0.320. The highest BCUT2D eigenvalue weighted by atomic mass is 16.5. The van der Waals surface area contributed by atoms with Crippen LogP contribution in [0.1, 0.15) is 17.3 Å². The van der Waals surface area contributed by atoms with Crippen molar-refractivity contribution in [3.05, 3.63) is 65.9 Å². The summed E-state index contributed by atoms with van der Waals surface area (Å²) in [6.07, 6.45) is 0. The molecule has 0 saturated carbocycles. The fourth-order valence-electron chi connectivity index (χ4n) is 4.03. The van der Waals surface area contributed by atoms with Gasteiger partial charge in [0, 0.05) is 30.7 Å². The lowest BCUT2D eigenvalue weighted by molar-refractivity contribution is -0.136. The summed E-state index contributed by atoms with van der Waals surface area (Å²) < 4.78 is 10.7. The largest absolute Gasteiger partial charge is 0.497 e. The quantitative estimate of drug-likeness (QED) is 0.564. The molecule has 1 saturated heterocycles. The summed E-state index contributed by atoms with van der Waals surface area (Å²) >= 11 is 0. The van der Waals surface area contributed by atoms with E-state index in [9.17, 15) is 9.59 Å². The number of carbonyl (C=O) groups excluding carboxylic acids is 2. The van der Waals surface area contributed by atoms with Crippen LogP contribution in [0, 0.1) is 6.92 Å². The number of hydrogen-bond donors (Lipinski definition) is 2. The van der Waals surface area contributed by atoms with Crippen molar-refractivity contribution in [3.8, 4) is 5.75 Å². The summed E-state index contributed by atoms with van der Waals surface area (Å²) in [5.41, 5.74) is 3.13. The number of hydrogen-bond acceptors (Lipinski definition) is 6. The van der Waals surface area contributed by atoms with Crippen LogP contribution in [0.4, 0.5) is 5.69 Å². The fourth-order valence-corrected chi connectivity index (χ4v) is 4.03. The minimum atomic E-state index is -0.707. The SMILES string of the molecule is COc1ccc([C@H](CNC(=O)C(=O)Nc2cc(C)nc3ccccc23)N2CCOCC2)cc1. The number of aryl methyl sites for hydroxylation is 1. The number of nitrogens with zero attached hydrogens (tertiary/aromatic N) is 2. The number of ether oxygens (including phenoxy) is 2. The van der Waals surface area contributed by atoms with Crippen molar-refractivity contribution in [2.24, 2.45) is 0 Å². The Hall–Kier alpha value is -3.49. The summed E-state index contributed by atoms with van der Waals surface area (Å²) in [7, 11) is 1.63. The van der Waals surface area contributed by atoms with Gasteiger partial charge in [-0.25, -0.2) is 0 Å². The Kier molecular flexibility index (Phi) is 7.16. The first-order valence-corrected chi connectivity index (χ1v) is 11.0. The van der Waals surface area contributed by atoms with Crippen LogP contribution in [0.5, 0.6) is 5.75 Å². The number of carbonyl (C=O) groups is 2. The predicted molar refractivity (Wildman–Crippen MR) is 126 cm³/mol. The number of nitrogens with one attached hydrogen (secondary N) is 2. The Labute approximate surface area is 192 Å². The smallest absolute Gasteiger partial charge is 0.313 e. The first kappa shape index (κ1) is 22.7. The van der Waals surface area contributed by atoms with Gasteiger partial charge < -0.3 is 20.1 Å². The second-order valence-electron chi connectivity index (χ2n) is 7.93. The summed E-state index contributed by atoms with van der Waals surface area (Å²) in [5.74, 6) is -0.621. The van der Waals surface area contributed by atoms with Crippen molar-refractivity contribution in [1.82, 2.24) is 15.2 Å². The first-order valence-electron chi connectivity index (χ1n) is 11.0. The molecule has 172 valence electrons. The van der Waals surface area contributed by atoms with Gasteiger partial charge >= 0.3 is 11.8 Å². The van der Waals surface area contributed by atoms with Crippen molar-refractivity contribution in [2.75, 3.05) is 45.3 Å². The minimum absolute atomic E-state index is 0.0828. The molecule has 0 aliphatic carbocycles. The van der Waals surface area contributed by atoms with E-state index in [1.54, 1.807) is 13.2 Å². The number of aromatic nitrogens is 1. The lowest BCUT2D eigenvalue weighted by atomic mass is 10.0. The summed E-state index contributed by atoms with van der Waals surface area (Å²) in [4.78, 5) is 32.1. The molecule has 3 aromatic rings. The zero-order valence-electron chi connectivity index (χ0n) is 18.8. The molecule has 2 heterocycles. The van der Waals surface area contributed by atoms with Crippen LogP contribution in [0.15, 0.2) is 54.6 Å². The molecule has 2 aromatic carbocycles. The highest BCUT2D eigenvalue weighted by molar-refractivity contribution is 6.40. The van der Waals surface area contributed by atoms with Gasteiger partial charge in [-0.05, 0) is 36.8 Å². The van der Waals surface area contributed by atoms with Crippen LogP contribution in [-0.4, -0.2) is 61.7 Å². The number of morpholine rings is 1. The maximum atomic E-state index is 12.7. The summed E-state index contributed by atoms with van der Waals surface area (Å²) in [6, 6.07) is 16.9. The molecule has 0 radical (unpaired) electrons. The predicted octanol–water partition coefficient (Wildman–Crippen LogP) is 2.68. The highest BCUT2D eigenvalue weighted by Crippen LogP contribution is 2.24. The van der Waals surface area contributed by atoms with Crippen LogP contribution >= 0.6 is 0 Å². The molecule has 8 nitrogen and oxygen atoms in total. The van der Waals surface area contributed by atoms with Gasteiger partial charge in [0.2, 0.25) is 0 Å². The molecule has 4 rings (SSSR count). The third kappa shape index (κ3) is 5.47. The molecular weight excluding hydrogens is 420 g/mol. The maximum Gasteiger partial charge on any atom is 0.313 e. The van der Waals surface area contributed by atoms with Gasteiger partial charge in [0.1, 0.15) is 5.75 Å². The van der Waals surface area contributed by atoms with E-state index in [0.717, 1.165) is 41.0 Å². The molecule has 33 heavy (non-hydrogen) atoms. The number of benzene rings is 2. The molecule has 1 fully saturated rings. The minimum Gasteiger partial charge on any atom is -0.497 e. The Balaban J connectivity index is 1.46. The summed E-state index contributed by atoms with van der Waals surface area (Å²) in [5, 5.41) is 6.34. The molecule has 2 amide bonds. The van der Waals surface area contributed by atoms with Gasteiger partial charge in [0.25, 0.3) is 0 Å². The lowest BCUT2D eigenvalue weighted by Crippen LogP contribution is -2.45. The average Bonchev–Trinajstić information content (AvgIpc) is 2.85. The highest BCUT2D eigenvalue weighted by Gasteiger charge is 2.25. The number of amides is 2. The molecule has 1 aromatic heterocycles. The topological polar surface area (TPSA) is 92.8 Å². The van der Waals surface area contributed by atoms with E-state index < -0.39 is 11.8 Å². The number of methoxy groups -OCH3 is 1. The Morgan fingerprint density at radius 1 is 1.09 bits per heavy atom. The van der Waals surface area contributed by atoms with Crippen molar-refractivity contribution in [3.63, 3.8) is 0 Å². The zero-order valence-corrected chi connectivity index (χ0v) is 18.8. The molecular formula is C25H28N4O4. The normalized spacial score (nSPS) is 15.1. The molecule has 2 N–H and O–H groups in total. The van der Waals surface area contributed by atoms with Crippen molar-refractivity contribution >= 4 is 28.4 Å². The average molecular weight is 449 g/mol. The lowest BCUT2D eigenvalue weighted by Gasteiger charge is -2.35. The van der Waals surface area contributed by atoms with E-state index in [0.29, 0.717) is 25.4 Å². The summed E-state index contributed by atoms with van der Waals surface area (Å²) in [6.45, 7) is 4.92. The monoisotopic (exact) mass is 448 g/mol. The van der Waals surface area contributed by atoms with Gasteiger partial charge in [-0.15, -0.1) is 0 Å². The van der Waals surface area contributed by atoms with Gasteiger partial charge in [0.15, 0.2) is 0 Å². The Morgan fingerprint density at radius 2 is 1.82 bits per heavy atom. The van der Waals surface area contributed by atoms with Crippen molar-refractivity contribution in [1.29, 1.82) is 0 Å². The van der Waals surface area contributed by atoms with Gasteiger partial charge in [0.05, 0.1) is 37.6 Å². The van der Waals surface area contributed by atoms with Crippen LogP contribution in [-0.2, 0) is 14.3 Å². The van der Waals surface area contributed by atoms with E-state index >= 15 is 0 Å². The zero-order chi connectivity index (χ0) is 23.2. The Morgan fingerprint density at radius 3 is 2.55 bits per heavy atom. The number of para-hydroxylation sites is 1. The third-order valence-electron chi connectivity index (χ3n) is 5.74. The third-order valence-corrected chi connectivity index (χ3v) is 5.74. The number of anilines is 1. The molecule has 1 atom stereocenters. The van der Waals surface area contributed by atoms with E-state index in [4.69, 9.17) is 9.47 Å². The van der Waals surface area contributed by atoms with Crippen LogP contribution in [0.2, 0.25) is 0 Å². The van der Waals surface area contributed by atoms with Gasteiger partial charge in [-0.1, -0.05) is 30.3 Å². The van der Waals surface area contributed by atoms with Crippen LogP contribution in [0.25, 0.3) is 10.9 Å². The van der Waals surface area contributed by atoms with Crippen molar-refractivity contribution in [2.45, 2.75) is 13.0 Å². The second kappa shape index (κ2) is 10.4. The second-order valence-corrected chi connectivity index (χ2v) is 7.93.